The molecular formula is C12H27N3O. The van der Waals surface area contributed by atoms with Crippen LogP contribution in [0.1, 0.15) is 19.3 Å². The average Bonchev–Trinajstić information content (AvgIpc) is 2.70. The normalized spacial score (nSPS) is 19.5. The molecular weight excluding hydrogens is 202 g/mol. The number of hydrogen-bond acceptors (Lipinski definition) is 4. The van der Waals surface area contributed by atoms with Gasteiger partial charge in [-0.2, -0.15) is 0 Å². The fourth-order valence-electron chi connectivity index (χ4n) is 2.33. The molecule has 4 nitrogen and oxygen atoms in total. The number of ether oxygens (including phenoxy) is 1. The molecule has 0 amide bonds. The zero-order chi connectivity index (χ0) is 11.8. The summed E-state index contributed by atoms with van der Waals surface area (Å²) in [4.78, 5) is 4.86. The lowest BCUT2D eigenvalue weighted by Gasteiger charge is -2.22. The summed E-state index contributed by atoms with van der Waals surface area (Å²) < 4.78 is 5.03. The second kappa shape index (κ2) is 8.01. The smallest absolute Gasteiger partial charge is 0.0626 e. The molecule has 0 aliphatic carbocycles. The lowest BCUT2D eigenvalue weighted by molar-refractivity contribution is 0.159. The van der Waals surface area contributed by atoms with Crippen LogP contribution in [0.4, 0.5) is 0 Å². The lowest BCUT2D eigenvalue weighted by Crippen LogP contribution is -2.39. The van der Waals surface area contributed by atoms with Crippen LogP contribution in [-0.4, -0.2) is 69.3 Å². The van der Waals surface area contributed by atoms with E-state index in [1.54, 1.807) is 7.11 Å². The number of likely N-dealkylation sites (tertiary alicyclic amines) is 1. The van der Waals surface area contributed by atoms with E-state index in [0.29, 0.717) is 6.61 Å². The van der Waals surface area contributed by atoms with E-state index in [2.05, 4.69) is 16.8 Å². The molecule has 1 saturated heterocycles. The van der Waals surface area contributed by atoms with Gasteiger partial charge in [0.15, 0.2) is 0 Å². The van der Waals surface area contributed by atoms with Crippen LogP contribution in [0.3, 0.4) is 0 Å². The maximum absolute atomic E-state index is 5.90. The van der Waals surface area contributed by atoms with Crippen molar-refractivity contribution in [1.29, 1.82) is 0 Å². The van der Waals surface area contributed by atoms with Gasteiger partial charge in [0.1, 0.15) is 0 Å². The molecule has 96 valence electrons. The molecule has 16 heavy (non-hydrogen) atoms. The monoisotopic (exact) mass is 229 g/mol. The summed E-state index contributed by atoms with van der Waals surface area (Å²) in [5.41, 5.74) is 5.90. The van der Waals surface area contributed by atoms with Crippen molar-refractivity contribution in [3.63, 3.8) is 0 Å². The summed E-state index contributed by atoms with van der Waals surface area (Å²) in [5, 5.41) is 0. The largest absolute Gasteiger partial charge is 0.383 e. The van der Waals surface area contributed by atoms with E-state index in [0.717, 1.165) is 13.1 Å². The molecule has 1 fully saturated rings. The van der Waals surface area contributed by atoms with Gasteiger partial charge in [-0.05, 0) is 52.5 Å². The van der Waals surface area contributed by atoms with Gasteiger partial charge in [0.05, 0.1) is 6.61 Å². The number of likely N-dealkylation sites (N-methyl/N-ethyl adjacent to an activating group) is 1. The van der Waals surface area contributed by atoms with Crippen molar-refractivity contribution < 1.29 is 4.74 Å². The Hall–Kier alpha value is -0.160. The third kappa shape index (κ3) is 5.80. The summed E-state index contributed by atoms with van der Waals surface area (Å²) in [6, 6.07) is 0.141. The molecule has 1 atom stereocenters. The number of nitrogens with two attached hydrogens (primary N) is 1. The number of methoxy groups -OCH3 is 1. The Kier molecular flexibility index (Phi) is 6.96. The predicted molar refractivity (Wildman–Crippen MR) is 67.6 cm³/mol. The second-order valence-corrected chi connectivity index (χ2v) is 4.88. The van der Waals surface area contributed by atoms with Crippen LogP contribution in [-0.2, 0) is 4.74 Å². The molecule has 0 spiro atoms. The van der Waals surface area contributed by atoms with Crippen molar-refractivity contribution >= 4 is 0 Å². The van der Waals surface area contributed by atoms with E-state index in [-0.39, 0.29) is 6.04 Å². The summed E-state index contributed by atoms with van der Waals surface area (Å²) in [7, 11) is 3.84. The highest BCUT2D eigenvalue weighted by Crippen LogP contribution is 2.07. The van der Waals surface area contributed by atoms with E-state index in [1.807, 2.05) is 0 Å². The van der Waals surface area contributed by atoms with E-state index in [4.69, 9.17) is 10.5 Å². The van der Waals surface area contributed by atoms with Gasteiger partial charge in [0.25, 0.3) is 0 Å². The van der Waals surface area contributed by atoms with Gasteiger partial charge in [0, 0.05) is 19.7 Å². The quantitative estimate of drug-likeness (QED) is 0.653. The lowest BCUT2D eigenvalue weighted by atomic mass is 10.3. The molecule has 0 aromatic carbocycles. The summed E-state index contributed by atoms with van der Waals surface area (Å²) in [6.45, 7) is 6.54. The first-order valence-corrected chi connectivity index (χ1v) is 6.38. The first kappa shape index (κ1) is 13.9. The number of nitrogens with zero attached hydrogens (tertiary/aromatic N) is 2. The van der Waals surface area contributed by atoms with Crippen molar-refractivity contribution in [3.05, 3.63) is 0 Å². The number of rotatable bonds is 8. The Bertz CT molecular complexity index is 172. The molecule has 0 bridgehead atoms. The molecule has 1 aliphatic heterocycles. The highest BCUT2D eigenvalue weighted by molar-refractivity contribution is 4.68. The predicted octanol–water partition coefficient (Wildman–Crippen LogP) is 0.378. The minimum atomic E-state index is 0.141. The maximum Gasteiger partial charge on any atom is 0.0626 e. The van der Waals surface area contributed by atoms with Crippen LogP contribution in [0.2, 0.25) is 0 Å². The summed E-state index contributed by atoms with van der Waals surface area (Å²) in [5.74, 6) is 0. The van der Waals surface area contributed by atoms with Gasteiger partial charge in [-0.15, -0.1) is 0 Å². The highest BCUT2D eigenvalue weighted by Gasteiger charge is 2.11. The third-order valence-corrected chi connectivity index (χ3v) is 3.14. The first-order valence-electron chi connectivity index (χ1n) is 6.38. The Labute approximate surface area is 99.7 Å². The highest BCUT2D eigenvalue weighted by atomic mass is 16.5. The van der Waals surface area contributed by atoms with Crippen molar-refractivity contribution in [2.24, 2.45) is 5.73 Å². The van der Waals surface area contributed by atoms with E-state index in [9.17, 15) is 0 Å². The van der Waals surface area contributed by atoms with Crippen LogP contribution >= 0.6 is 0 Å². The maximum atomic E-state index is 5.90. The van der Waals surface area contributed by atoms with Crippen molar-refractivity contribution in [2.75, 3.05) is 53.5 Å². The minimum absolute atomic E-state index is 0.141. The zero-order valence-corrected chi connectivity index (χ0v) is 10.8. The van der Waals surface area contributed by atoms with Crippen LogP contribution in [0.15, 0.2) is 0 Å². The fraction of sp³-hybridized carbons (Fsp3) is 1.00. The Morgan fingerprint density at radius 3 is 2.69 bits per heavy atom. The van der Waals surface area contributed by atoms with E-state index in [1.165, 1.54) is 38.9 Å². The fourth-order valence-corrected chi connectivity index (χ4v) is 2.33. The molecule has 1 aliphatic rings. The molecule has 0 aromatic rings. The molecule has 0 saturated carbocycles. The second-order valence-electron chi connectivity index (χ2n) is 4.88. The van der Waals surface area contributed by atoms with Crippen LogP contribution in [0.25, 0.3) is 0 Å². The van der Waals surface area contributed by atoms with Gasteiger partial charge >= 0.3 is 0 Å². The zero-order valence-electron chi connectivity index (χ0n) is 10.8. The molecule has 1 heterocycles. The molecule has 2 N–H and O–H groups in total. The SMILES string of the molecule is COCC(N)CN(C)CCCN1CCCC1. The van der Waals surface area contributed by atoms with Gasteiger partial charge in [-0.25, -0.2) is 0 Å². The molecule has 4 heteroatoms. The number of hydrogen-bond donors (Lipinski definition) is 1. The molecule has 0 radical (unpaired) electrons. The molecule has 1 rings (SSSR count). The van der Waals surface area contributed by atoms with Gasteiger partial charge in [0.2, 0.25) is 0 Å². The average molecular weight is 229 g/mol. The van der Waals surface area contributed by atoms with E-state index >= 15 is 0 Å². The standard InChI is InChI=1S/C12H27N3O/c1-14(10-12(13)11-16-2)6-5-9-15-7-3-4-8-15/h12H,3-11,13H2,1-2H3. The summed E-state index contributed by atoms with van der Waals surface area (Å²) in [6.07, 6.45) is 4.01. The van der Waals surface area contributed by atoms with E-state index < -0.39 is 0 Å². The van der Waals surface area contributed by atoms with Gasteiger partial charge in [-0.3, -0.25) is 0 Å². The minimum Gasteiger partial charge on any atom is -0.383 e. The molecule has 1 unspecified atom stereocenters. The Morgan fingerprint density at radius 2 is 2.06 bits per heavy atom. The Morgan fingerprint density at radius 1 is 1.38 bits per heavy atom. The first-order chi connectivity index (χ1) is 7.72. The van der Waals surface area contributed by atoms with Crippen LogP contribution in [0.5, 0.6) is 0 Å². The topological polar surface area (TPSA) is 41.7 Å². The van der Waals surface area contributed by atoms with Crippen molar-refractivity contribution in [2.45, 2.75) is 25.3 Å². The summed E-state index contributed by atoms with van der Waals surface area (Å²) >= 11 is 0. The van der Waals surface area contributed by atoms with Crippen molar-refractivity contribution in [3.8, 4) is 0 Å². The van der Waals surface area contributed by atoms with Gasteiger partial charge in [-0.1, -0.05) is 0 Å². The van der Waals surface area contributed by atoms with Crippen LogP contribution in [0, 0.1) is 0 Å². The third-order valence-electron chi connectivity index (χ3n) is 3.14. The van der Waals surface area contributed by atoms with Crippen LogP contribution < -0.4 is 5.73 Å². The molecule has 0 aromatic heterocycles. The van der Waals surface area contributed by atoms with Crippen molar-refractivity contribution in [1.82, 2.24) is 9.80 Å². The Balaban J connectivity index is 1.98. The van der Waals surface area contributed by atoms with Gasteiger partial charge < -0.3 is 20.3 Å².